The molecule has 2 fully saturated rings. The molecule has 2 saturated heterocycles. The third kappa shape index (κ3) is 4.02. The molecule has 1 spiro atoms. The monoisotopic (exact) mass is 416 g/mol. The van der Waals surface area contributed by atoms with Crippen molar-refractivity contribution in [2.75, 3.05) is 19.6 Å². The largest absolute Gasteiger partial charge is 0.476 e. The summed E-state index contributed by atoms with van der Waals surface area (Å²) in [5, 5.41) is 13.6. The number of aryl methyl sites for hydroxylation is 1. The number of carboxylic acids is 1. The Kier molecular flexibility index (Phi) is 5.36. The molecule has 0 saturated carbocycles. The Hall–Kier alpha value is -2.38. The zero-order valence-corrected chi connectivity index (χ0v) is 17.2. The van der Waals surface area contributed by atoms with Crippen LogP contribution in [0.2, 0.25) is 5.02 Å². The van der Waals surface area contributed by atoms with E-state index in [4.69, 9.17) is 16.7 Å². The smallest absolute Gasteiger partial charge is 0.356 e. The van der Waals surface area contributed by atoms with E-state index in [1.165, 1.54) is 23.4 Å². The summed E-state index contributed by atoms with van der Waals surface area (Å²) in [7, 11) is 0. The molecular weight excluding hydrogens is 392 g/mol. The second kappa shape index (κ2) is 7.80. The molecule has 0 atom stereocenters. The van der Waals surface area contributed by atoms with Crippen LogP contribution in [-0.4, -0.2) is 61.9 Å². The van der Waals surface area contributed by atoms with Crippen LogP contribution in [0, 0.1) is 6.92 Å². The first-order valence-corrected chi connectivity index (χ1v) is 10.3. The number of hydrogen-bond acceptors (Lipinski definition) is 4. The predicted octanol–water partition coefficient (Wildman–Crippen LogP) is 3.64. The summed E-state index contributed by atoms with van der Waals surface area (Å²) in [6.07, 6.45) is 5.53. The molecule has 0 radical (unpaired) electrons. The molecule has 8 heteroatoms. The van der Waals surface area contributed by atoms with Crippen molar-refractivity contribution in [1.29, 1.82) is 0 Å². The Labute approximate surface area is 174 Å². The van der Waals surface area contributed by atoms with Gasteiger partial charge in [-0.1, -0.05) is 17.7 Å². The van der Waals surface area contributed by atoms with E-state index in [-0.39, 0.29) is 17.3 Å². The highest BCUT2D eigenvalue weighted by Crippen LogP contribution is 2.39. The van der Waals surface area contributed by atoms with Crippen molar-refractivity contribution in [3.63, 3.8) is 0 Å². The Morgan fingerprint density at radius 3 is 2.59 bits per heavy atom. The van der Waals surface area contributed by atoms with E-state index in [0.29, 0.717) is 13.1 Å². The number of aromatic carboxylic acids is 1. The number of carbonyl (C=O) groups excluding carboxylic acids is 1. The minimum atomic E-state index is -1.13. The van der Waals surface area contributed by atoms with Gasteiger partial charge in [0.1, 0.15) is 0 Å². The quantitative estimate of drug-likeness (QED) is 0.826. The summed E-state index contributed by atoms with van der Waals surface area (Å²) < 4.78 is 1.13. The molecule has 2 aromatic rings. The third-order valence-corrected chi connectivity index (χ3v) is 6.40. The van der Waals surface area contributed by atoms with Gasteiger partial charge in [0, 0.05) is 36.4 Å². The maximum absolute atomic E-state index is 12.7. The van der Waals surface area contributed by atoms with Crippen molar-refractivity contribution in [2.24, 2.45) is 0 Å². The van der Waals surface area contributed by atoms with Crippen LogP contribution in [0.4, 0.5) is 4.79 Å². The first-order chi connectivity index (χ1) is 13.9. The molecule has 1 aromatic heterocycles. The highest BCUT2D eigenvalue weighted by Gasteiger charge is 2.43. The average molecular weight is 417 g/mol. The normalized spacial score (nSPS) is 19.0. The molecule has 4 rings (SSSR count). The molecule has 3 heterocycles. The molecule has 29 heavy (non-hydrogen) atoms. The van der Waals surface area contributed by atoms with Crippen molar-refractivity contribution < 1.29 is 14.7 Å². The summed E-state index contributed by atoms with van der Waals surface area (Å²) in [6.45, 7) is 5.28. The van der Waals surface area contributed by atoms with Crippen LogP contribution >= 0.6 is 11.6 Å². The van der Waals surface area contributed by atoms with Gasteiger partial charge in [-0.05, 0) is 68.5 Å². The van der Waals surface area contributed by atoms with Crippen LogP contribution in [0.1, 0.15) is 47.3 Å². The lowest BCUT2D eigenvalue weighted by Gasteiger charge is -2.45. The minimum Gasteiger partial charge on any atom is -0.476 e. The lowest BCUT2D eigenvalue weighted by Crippen LogP contribution is -2.53. The molecule has 1 aromatic carbocycles. The van der Waals surface area contributed by atoms with Gasteiger partial charge in [0.2, 0.25) is 0 Å². The molecule has 7 nitrogen and oxygen atoms in total. The number of likely N-dealkylation sites (tertiary alicyclic amines) is 2. The van der Waals surface area contributed by atoms with Gasteiger partial charge in [-0.25, -0.2) is 9.59 Å². The van der Waals surface area contributed by atoms with Crippen LogP contribution in [-0.2, 0) is 6.54 Å². The number of halogens is 1. The topological polar surface area (TPSA) is 78.7 Å². The number of hydrogen-bond donors (Lipinski definition) is 1. The van der Waals surface area contributed by atoms with E-state index in [9.17, 15) is 9.59 Å². The van der Waals surface area contributed by atoms with Crippen molar-refractivity contribution in [1.82, 2.24) is 19.6 Å². The number of carbonyl (C=O) groups is 2. The van der Waals surface area contributed by atoms with Crippen LogP contribution in [0.15, 0.2) is 30.5 Å². The van der Waals surface area contributed by atoms with E-state index in [1.807, 2.05) is 12.1 Å². The van der Waals surface area contributed by atoms with E-state index in [1.54, 1.807) is 4.90 Å². The van der Waals surface area contributed by atoms with E-state index < -0.39 is 5.97 Å². The molecule has 1 N–H and O–H groups in total. The lowest BCUT2D eigenvalue weighted by molar-refractivity contribution is 0.0584. The molecule has 1 amide bonds. The van der Waals surface area contributed by atoms with Crippen molar-refractivity contribution in [3.8, 4) is 0 Å². The Bertz CT molecular complexity index is 914. The fraction of sp³-hybridized carbons (Fsp3) is 0.476. The first-order valence-electron chi connectivity index (χ1n) is 9.96. The number of amides is 1. The first kappa shape index (κ1) is 19.9. The summed E-state index contributed by atoms with van der Waals surface area (Å²) in [6, 6.07) is 7.28. The van der Waals surface area contributed by atoms with Gasteiger partial charge in [0.15, 0.2) is 5.69 Å². The Balaban J connectivity index is 1.42. The van der Waals surface area contributed by atoms with E-state index in [2.05, 4.69) is 23.0 Å². The third-order valence-electron chi connectivity index (χ3n) is 6.19. The fourth-order valence-corrected chi connectivity index (χ4v) is 5.05. The van der Waals surface area contributed by atoms with Crippen LogP contribution in [0.3, 0.4) is 0 Å². The van der Waals surface area contributed by atoms with Crippen LogP contribution < -0.4 is 0 Å². The van der Waals surface area contributed by atoms with Gasteiger partial charge < -0.3 is 10.0 Å². The summed E-state index contributed by atoms with van der Waals surface area (Å²) in [4.78, 5) is 28.0. The fourth-order valence-electron chi connectivity index (χ4n) is 4.73. The molecular formula is C21H25ClN4O3. The maximum atomic E-state index is 12.7. The molecule has 2 aliphatic heterocycles. The van der Waals surface area contributed by atoms with Gasteiger partial charge >= 0.3 is 12.0 Å². The number of carboxylic acid groups (broad SMARTS) is 1. The molecule has 154 valence electrons. The SMILES string of the molecule is Cc1cc(Cl)cc(CN2CCCC23CCN(C(=O)n2ccc(C(=O)O)n2)CC3)c1. The highest BCUT2D eigenvalue weighted by atomic mass is 35.5. The molecule has 2 aliphatic rings. The van der Waals surface area contributed by atoms with Crippen LogP contribution in [0.5, 0.6) is 0 Å². The number of piperidine rings is 1. The molecule has 0 aliphatic carbocycles. The van der Waals surface area contributed by atoms with Gasteiger partial charge in [-0.2, -0.15) is 9.78 Å². The van der Waals surface area contributed by atoms with Gasteiger partial charge in [-0.15, -0.1) is 0 Å². The lowest BCUT2D eigenvalue weighted by atomic mass is 9.84. The summed E-state index contributed by atoms with van der Waals surface area (Å²) in [5.74, 6) is -1.13. The zero-order chi connectivity index (χ0) is 20.6. The molecule has 0 bridgehead atoms. The minimum absolute atomic E-state index is 0.114. The van der Waals surface area contributed by atoms with Crippen molar-refractivity contribution >= 4 is 23.6 Å². The Morgan fingerprint density at radius 2 is 1.93 bits per heavy atom. The van der Waals surface area contributed by atoms with Gasteiger partial charge in [0.25, 0.3) is 0 Å². The number of benzene rings is 1. The van der Waals surface area contributed by atoms with Crippen molar-refractivity contribution in [3.05, 3.63) is 52.3 Å². The standard InChI is InChI=1S/C21H25ClN4O3/c1-15-11-16(13-17(22)12-15)14-25-7-2-4-21(25)5-9-24(10-6-21)20(29)26-8-3-18(23-26)19(27)28/h3,8,11-13H,2,4-7,9-10,14H2,1H3,(H,27,28). The average Bonchev–Trinajstić information content (AvgIpc) is 3.30. The Morgan fingerprint density at radius 1 is 1.17 bits per heavy atom. The van der Waals surface area contributed by atoms with Crippen molar-refractivity contribution in [2.45, 2.75) is 44.7 Å². The van der Waals surface area contributed by atoms with E-state index >= 15 is 0 Å². The number of aromatic nitrogens is 2. The second-order valence-corrected chi connectivity index (χ2v) is 8.54. The van der Waals surface area contributed by atoms with Gasteiger partial charge in [0.05, 0.1) is 0 Å². The highest BCUT2D eigenvalue weighted by molar-refractivity contribution is 6.30. The maximum Gasteiger partial charge on any atom is 0.356 e. The van der Waals surface area contributed by atoms with Gasteiger partial charge in [-0.3, -0.25) is 4.90 Å². The summed E-state index contributed by atoms with van der Waals surface area (Å²) >= 11 is 6.24. The molecule has 0 unspecified atom stereocenters. The number of nitrogens with zero attached hydrogens (tertiary/aromatic N) is 4. The zero-order valence-electron chi connectivity index (χ0n) is 16.5. The van der Waals surface area contributed by atoms with Crippen LogP contribution in [0.25, 0.3) is 0 Å². The summed E-state index contributed by atoms with van der Waals surface area (Å²) in [5.41, 5.74) is 2.39. The number of rotatable bonds is 3. The van der Waals surface area contributed by atoms with E-state index in [0.717, 1.165) is 48.5 Å². The second-order valence-electron chi connectivity index (χ2n) is 8.11. The predicted molar refractivity (Wildman–Crippen MR) is 109 cm³/mol.